The van der Waals surface area contributed by atoms with E-state index in [1.165, 1.54) is 6.26 Å². The highest BCUT2D eigenvalue weighted by molar-refractivity contribution is 7.88. The van der Waals surface area contributed by atoms with Gasteiger partial charge in [-0.1, -0.05) is 6.92 Å². The van der Waals surface area contributed by atoms with Crippen LogP contribution in [0.3, 0.4) is 0 Å². The van der Waals surface area contributed by atoms with Crippen LogP contribution < -0.4 is 5.32 Å². The number of rotatable bonds is 6. The number of nitrogens with one attached hydrogen (secondary N) is 1. The van der Waals surface area contributed by atoms with Crippen molar-refractivity contribution in [3.05, 3.63) is 0 Å². The zero-order chi connectivity index (χ0) is 12.9. The lowest BCUT2D eigenvalue weighted by Crippen LogP contribution is -2.51. The van der Waals surface area contributed by atoms with Gasteiger partial charge in [-0.3, -0.25) is 4.90 Å². The van der Waals surface area contributed by atoms with Crippen LogP contribution in [-0.4, -0.2) is 69.2 Å². The maximum Gasteiger partial charge on any atom is 0.211 e. The van der Waals surface area contributed by atoms with Gasteiger partial charge >= 0.3 is 0 Å². The standard InChI is InChI=1S/C11H25N3O2S/c1-4-12-6-5-11(2)13-7-9-14(10-8-13)17(3,15)16/h11-12H,4-10H2,1-3H3. The van der Waals surface area contributed by atoms with E-state index in [9.17, 15) is 8.42 Å². The summed E-state index contributed by atoms with van der Waals surface area (Å²) in [7, 11) is -3.00. The van der Waals surface area contributed by atoms with E-state index < -0.39 is 10.0 Å². The van der Waals surface area contributed by atoms with Crippen molar-refractivity contribution in [3.63, 3.8) is 0 Å². The van der Waals surface area contributed by atoms with Crippen LogP contribution in [0.2, 0.25) is 0 Å². The lowest BCUT2D eigenvalue weighted by molar-refractivity contribution is 0.140. The first kappa shape index (κ1) is 14.9. The molecule has 1 rings (SSSR count). The van der Waals surface area contributed by atoms with E-state index in [1.807, 2.05) is 0 Å². The van der Waals surface area contributed by atoms with Crippen LogP contribution in [0.1, 0.15) is 20.3 Å². The topological polar surface area (TPSA) is 52.6 Å². The smallest absolute Gasteiger partial charge is 0.211 e. The third-order valence-electron chi connectivity index (χ3n) is 3.35. The van der Waals surface area contributed by atoms with Crippen LogP contribution >= 0.6 is 0 Å². The van der Waals surface area contributed by atoms with Crippen molar-refractivity contribution in [3.8, 4) is 0 Å². The van der Waals surface area contributed by atoms with Gasteiger partial charge in [-0.25, -0.2) is 8.42 Å². The molecule has 1 unspecified atom stereocenters. The molecule has 1 fully saturated rings. The molecule has 0 amide bonds. The van der Waals surface area contributed by atoms with Gasteiger partial charge in [0.1, 0.15) is 0 Å². The fraction of sp³-hybridized carbons (Fsp3) is 1.00. The molecule has 1 heterocycles. The fourth-order valence-electron chi connectivity index (χ4n) is 2.15. The Bertz CT molecular complexity index is 311. The lowest BCUT2D eigenvalue weighted by atomic mass is 10.2. The van der Waals surface area contributed by atoms with Crippen molar-refractivity contribution in [2.75, 3.05) is 45.5 Å². The quantitative estimate of drug-likeness (QED) is 0.683. The van der Waals surface area contributed by atoms with Gasteiger partial charge in [0.25, 0.3) is 0 Å². The Morgan fingerprint density at radius 3 is 2.29 bits per heavy atom. The van der Waals surface area contributed by atoms with Gasteiger partial charge in [-0.2, -0.15) is 4.31 Å². The molecule has 0 bridgehead atoms. The van der Waals surface area contributed by atoms with Gasteiger partial charge in [0.15, 0.2) is 0 Å². The van der Waals surface area contributed by atoms with Crippen molar-refractivity contribution >= 4 is 10.0 Å². The van der Waals surface area contributed by atoms with E-state index in [0.29, 0.717) is 19.1 Å². The van der Waals surface area contributed by atoms with Crippen molar-refractivity contribution in [1.29, 1.82) is 0 Å². The summed E-state index contributed by atoms with van der Waals surface area (Å²) < 4.78 is 24.3. The molecule has 5 nitrogen and oxygen atoms in total. The first-order valence-corrected chi connectivity index (χ1v) is 8.20. The molecule has 1 atom stereocenters. The van der Waals surface area contributed by atoms with E-state index in [2.05, 4.69) is 24.1 Å². The number of hydrogen-bond donors (Lipinski definition) is 1. The predicted molar refractivity (Wildman–Crippen MR) is 70.6 cm³/mol. The second kappa shape index (κ2) is 6.68. The lowest BCUT2D eigenvalue weighted by Gasteiger charge is -2.37. The average Bonchev–Trinajstić information content (AvgIpc) is 2.28. The normalized spacial score (nSPS) is 21.6. The first-order valence-electron chi connectivity index (χ1n) is 6.35. The van der Waals surface area contributed by atoms with Crippen LogP contribution in [0.5, 0.6) is 0 Å². The van der Waals surface area contributed by atoms with Gasteiger partial charge in [0.05, 0.1) is 6.26 Å². The molecule has 6 heteroatoms. The Labute approximate surface area is 105 Å². The van der Waals surface area contributed by atoms with Crippen LogP contribution in [0.4, 0.5) is 0 Å². The minimum Gasteiger partial charge on any atom is -0.317 e. The average molecular weight is 263 g/mol. The third-order valence-corrected chi connectivity index (χ3v) is 4.66. The number of nitrogens with zero attached hydrogens (tertiary/aromatic N) is 2. The summed E-state index contributed by atoms with van der Waals surface area (Å²) in [5.74, 6) is 0. The zero-order valence-electron chi connectivity index (χ0n) is 11.1. The maximum atomic E-state index is 11.4. The molecule has 0 aromatic carbocycles. The molecule has 0 aromatic heterocycles. The number of piperazine rings is 1. The molecule has 102 valence electrons. The Balaban J connectivity index is 2.31. The van der Waals surface area contributed by atoms with Crippen molar-refractivity contribution in [2.24, 2.45) is 0 Å². The molecular formula is C11H25N3O2S. The highest BCUT2D eigenvalue weighted by Gasteiger charge is 2.25. The van der Waals surface area contributed by atoms with E-state index >= 15 is 0 Å². The largest absolute Gasteiger partial charge is 0.317 e. The van der Waals surface area contributed by atoms with Crippen LogP contribution in [0.15, 0.2) is 0 Å². The highest BCUT2D eigenvalue weighted by Crippen LogP contribution is 2.10. The molecule has 1 N–H and O–H groups in total. The van der Waals surface area contributed by atoms with E-state index in [0.717, 1.165) is 32.6 Å². The number of sulfonamides is 1. The van der Waals surface area contributed by atoms with E-state index in [4.69, 9.17) is 0 Å². The molecule has 0 saturated carbocycles. The van der Waals surface area contributed by atoms with Crippen LogP contribution in [-0.2, 0) is 10.0 Å². The molecule has 17 heavy (non-hydrogen) atoms. The molecule has 0 aromatic rings. The van der Waals surface area contributed by atoms with E-state index in [-0.39, 0.29) is 0 Å². The Hall–Kier alpha value is -0.170. The predicted octanol–water partition coefficient (Wildman–Crippen LogP) is -0.0483. The van der Waals surface area contributed by atoms with Gasteiger partial charge in [0, 0.05) is 32.2 Å². The summed E-state index contributed by atoms with van der Waals surface area (Å²) in [6.45, 7) is 9.32. The Kier molecular flexibility index (Phi) is 5.85. The molecule has 1 saturated heterocycles. The monoisotopic (exact) mass is 263 g/mol. The van der Waals surface area contributed by atoms with Crippen molar-refractivity contribution in [1.82, 2.24) is 14.5 Å². The second-order valence-corrected chi connectivity index (χ2v) is 6.67. The summed E-state index contributed by atoms with van der Waals surface area (Å²) in [5, 5.41) is 3.32. The van der Waals surface area contributed by atoms with E-state index in [1.54, 1.807) is 4.31 Å². The second-order valence-electron chi connectivity index (χ2n) is 4.69. The van der Waals surface area contributed by atoms with Crippen LogP contribution in [0, 0.1) is 0 Å². The molecule has 1 aliphatic rings. The fourth-order valence-corrected chi connectivity index (χ4v) is 2.97. The molecule has 0 aliphatic carbocycles. The first-order chi connectivity index (χ1) is 7.95. The minimum atomic E-state index is -3.00. The third kappa shape index (κ3) is 4.91. The van der Waals surface area contributed by atoms with Crippen LogP contribution in [0.25, 0.3) is 0 Å². The summed E-state index contributed by atoms with van der Waals surface area (Å²) in [4.78, 5) is 2.37. The van der Waals surface area contributed by atoms with Crippen molar-refractivity contribution < 1.29 is 8.42 Å². The molecule has 0 radical (unpaired) electrons. The summed E-state index contributed by atoms with van der Waals surface area (Å²) >= 11 is 0. The maximum absolute atomic E-state index is 11.4. The highest BCUT2D eigenvalue weighted by atomic mass is 32.2. The summed E-state index contributed by atoms with van der Waals surface area (Å²) in [6, 6.07) is 0.524. The van der Waals surface area contributed by atoms with Gasteiger partial charge < -0.3 is 5.32 Å². The molecular weight excluding hydrogens is 238 g/mol. The van der Waals surface area contributed by atoms with Gasteiger partial charge in [0.2, 0.25) is 10.0 Å². The summed E-state index contributed by atoms with van der Waals surface area (Å²) in [5.41, 5.74) is 0. The summed E-state index contributed by atoms with van der Waals surface area (Å²) in [6.07, 6.45) is 2.41. The number of hydrogen-bond acceptors (Lipinski definition) is 4. The molecule has 1 aliphatic heterocycles. The zero-order valence-corrected chi connectivity index (χ0v) is 12.0. The van der Waals surface area contributed by atoms with Crippen molar-refractivity contribution in [2.45, 2.75) is 26.3 Å². The SMILES string of the molecule is CCNCCC(C)N1CCN(S(C)(=O)=O)CC1. The molecule has 0 spiro atoms. The van der Waals surface area contributed by atoms with Gasteiger partial charge in [-0.05, 0) is 26.4 Å². The minimum absolute atomic E-state index is 0.524. The Morgan fingerprint density at radius 2 is 1.82 bits per heavy atom. The van der Waals surface area contributed by atoms with Gasteiger partial charge in [-0.15, -0.1) is 0 Å². The Morgan fingerprint density at radius 1 is 1.24 bits per heavy atom.